The number of aliphatic hydroxyl groups is 1. The minimum Gasteiger partial charge on any atom is -0.390 e. The highest BCUT2D eigenvalue weighted by atomic mass is 16.3. The molecule has 3 unspecified atom stereocenters. The summed E-state index contributed by atoms with van der Waals surface area (Å²) < 4.78 is 0. The maximum Gasteiger partial charge on any atom is 0.220 e. The van der Waals surface area contributed by atoms with E-state index in [0.29, 0.717) is 18.8 Å². The lowest BCUT2D eigenvalue weighted by Gasteiger charge is -2.27. The molecule has 0 saturated heterocycles. The minimum atomic E-state index is -0.513. The Balaban J connectivity index is 2.02. The molecule has 0 fully saturated rings. The van der Waals surface area contributed by atoms with Gasteiger partial charge in [-0.1, -0.05) is 52.0 Å². The van der Waals surface area contributed by atoms with Crippen molar-refractivity contribution in [3.63, 3.8) is 0 Å². The average Bonchev–Trinajstić information content (AvgIpc) is 2.65. The molecule has 1 aliphatic carbocycles. The van der Waals surface area contributed by atoms with Crippen LogP contribution in [-0.4, -0.2) is 17.1 Å². The van der Waals surface area contributed by atoms with E-state index in [9.17, 15) is 9.90 Å². The van der Waals surface area contributed by atoms with Gasteiger partial charge >= 0.3 is 0 Å². The molecule has 0 heterocycles. The van der Waals surface area contributed by atoms with Gasteiger partial charge in [-0.15, -0.1) is 0 Å². The third kappa shape index (κ3) is 3.21. The number of hydrogen-bond acceptors (Lipinski definition) is 2. The zero-order valence-corrected chi connectivity index (χ0v) is 12.8. The maximum atomic E-state index is 12.2. The Morgan fingerprint density at radius 1 is 1.40 bits per heavy atom. The number of fused-ring (bicyclic) bond motifs is 1. The van der Waals surface area contributed by atoms with Crippen molar-refractivity contribution in [1.29, 1.82) is 0 Å². The van der Waals surface area contributed by atoms with Gasteiger partial charge in [0.15, 0.2) is 0 Å². The molecule has 1 aromatic rings. The second kappa shape index (κ2) is 5.57. The topological polar surface area (TPSA) is 49.3 Å². The molecule has 20 heavy (non-hydrogen) atoms. The molecular formula is C17H25NO2. The summed E-state index contributed by atoms with van der Waals surface area (Å²) in [6.07, 6.45) is 0.603. The number of rotatable bonds is 3. The number of benzene rings is 1. The van der Waals surface area contributed by atoms with Crippen LogP contribution in [0.15, 0.2) is 24.3 Å². The molecule has 3 nitrogen and oxygen atoms in total. The van der Waals surface area contributed by atoms with Gasteiger partial charge in [0, 0.05) is 12.8 Å². The summed E-state index contributed by atoms with van der Waals surface area (Å²) >= 11 is 0. The van der Waals surface area contributed by atoms with Crippen molar-refractivity contribution in [2.75, 3.05) is 0 Å². The molecule has 0 radical (unpaired) electrons. The lowest BCUT2D eigenvalue weighted by Crippen LogP contribution is -2.36. The maximum absolute atomic E-state index is 12.2. The summed E-state index contributed by atoms with van der Waals surface area (Å²) in [7, 11) is 0. The summed E-state index contributed by atoms with van der Waals surface area (Å²) in [6, 6.07) is 7.67. The van der Waals surface area contributed by atoms with Crippen LogP contribution in [0.5, 0.6) is 0 Å². The Morgan fingerprint density at radius 2 is 2.05 bits per heavy atom. The number of carbonyl (C=O) groups is 1. The monoisotopic (exact) mass is 275 g/mol. The minimum absolute atomic E-state index is 0.0215. The highest BCUT2D eigenvalue weighted by Crippen LogP contribution is 2.32. The SMILES string of the molecule is CC(CC(=O)NC1c2ccccc2CC1O)C(C)(C)C. The number of carbonyl (C=O) groups excluding carboxylic acids is 1. The van der Waals surface area contributed by atoms with Gasteiger partial charge in [-0.2, -0.15) is 0 Å². The van der Waals surface area contributed by atoms with E-state index in [1.807, 2.05) is 24.3 Å². The van der Waals surface area contributed by atoms with Crippen LogP contribution in [0.3, 0.4) is 0 Å². The first-order valence-corrected chi connectivity index (χ1v) is 7.34. The molecule has 0 spiro atoms. The fourth-order valence-electron chi connectivity index (χ4n) is 2.56. The molecular weight excluding hydrogens is 250 g/mol. The number of hydrogen-bond donors (Lipinski definition) is 2. The molecule has 0 bridgehead atoms. The number of amides is 1. The van der Waals surface area contributed by atoms with Gasteiger partial charge in [0.2, 0.25) is 5.91 Å². The van der Waals surface area contributed by atoms with E-state index in [4.69, 9.17) is 0 Å². The highest BCUT2D eigenvalue weighted by molar-refractivity contribution is 5.77. The lowest BCUT2D eigenvalue weighted by atomic mass is 9.80. The van der Waals surface area contributed by atoms with Gasteiger partial charge in [-0.05, 0) is 22.5 Å². The standard InChI is InChI=1S/C17H25NO2/c1-11(17(2,3)4)9-15(20)18-16-13-8-6-5-7-12(13)10-14(16)19/h5-8,11,14,16,19H,9-10H2,1-4H3,(H,18,20). The summed E-state index contributed by atoms with van der Waals surface area (Å²) in [5.41, 5.74) is 2.30. The van der Waals surface area contributed by atoms with Gasteiger partial charge in [0.05, 0.1) is 12.1 Å². The van der Waals surface area contributed by atoms with Gasteiger partial charge < -0.3 is 10.4 Å². The van der Waals surface area contributed by atoms with Crippen molar-refractivity contribution in [2.24, 2.45) is 11.3 Å². The van der Waals surface area contributed by atoms with Crippen LogP contribution in [0, 0.1) is 11.3 Å². The van der Waals surface area contributed by atoms with Crippen LogP contribution >= 0.6 is 0 Å². The molecule has 1 amide bonds. The third-order valence-corrected chi connectivity index (χ3v) is 4.49. The average molecular weight is 275 g/mol. The van der Waals surface area contributed by atoms with Gasteiger partial charge in [0.25, 0.3) is 0 Å². The van der Waals surface area contributed by atoms with Crippen molar-refractivity contribution in [3.05, 3.63) is 35.4 Å². The van der Waals surface area contributed by atoms with Gasteiger partial charge in [-0.3, -0.25) is 4.79 Å². The Kier molecular flexibility index (Phi) is 4.19. The van der Waals surface area contributed by atoms with Crippen LogP contribution in [-0.2, 0) is 11.2 Å². The molecule has 1 aromatic carbocycles. The molecule has 0 saturated carbocycles. The van der Waals surface area contributed by atoms with Gasteiger partial charge in [-0.25, -0.2) is 0 Å². The molecule has 2 N–H and O–H groups in total. The van der Waals surface area contributed by atoms with E-state index in [2.05, 4.69) is 33.0 Å². The fraction of sp³-hybridized carbons (Fsp3) is 0.588. The smallest absolute Gasteiger partial charge is 0.220 e. The Labute approximate surface area is 121 Å². The molecule has 0 aliphatic heterocycles. The van der Waals surface area contributed by atoms with Crippen molar-refractivity contribution in [2.45, 2.75) is 52.7 Å². The Hall–Kier alpha value is -1.35. The second-order valence-electron chi connectivity index (χ2n) is 6.99. The van der Waals surface area contributed by atoms with Crippen molar-refractivity contribution in [1.82, 2.24) is 5.32 Å². The summed E-state index contributed by atoms with van der Waals surface area (Å²) in [5, 5.41) is 13.1. The fourth-order valence-corrected chi connectivity index (χ4v) is 2.56. The summed E-state index contributed by atoms with van der Waals surface area (Å²) in [6.45, 7) is 8.53. The second-order valence-corrected chi connectivity index (χ2v) is 6.99. The van der Waals surface area contributed by atoms with Crippen LogP contribution in [0.25, 0.3) is 0 Å². The first-order chi connectivity index (χ1) is 9.29. The van der Waals surface area contributed by atoms with Crippen LogP contribution < -0.4 is 5.32 Å². The third-order valence-electron chi connectivity index (χ3n) is 4.49. The van der Waals surface area contributed by atoms with E-state index >= 15 is 0 Å². The predicted molar refractivity (Wildman–Crippen MR) is 80.3 cm³/mol. The van der Waals surface area contributed by atoms with Gasteiger partial charge in [0.1, 0.15) is 0 Å². The zero-order chi connectivity index (χ0) is 14.9. The normalized spacial score (nSPS) is 23.2. The molecule has 3 heteroatoms. The largest absolute Gasteiger partial charge is 0.390 e. The first-order valence-electron chi connectivity index (χ1n) is 7.34. The number of nitrogens with one attached hydrogen (secondary N) is 1. The molecule has 110 valence electrons. The Morgan fingerprint density at radius 3 is 2.70 bits per heavy atom. The molecule has 2 rings (SSSR count). The highest BCUT2D eigenvalue weighted by Gasteiger charge is 2.32. The van der Waals surface area contributed by atoms with E-state index in [1.165, 1.54) is 0 Å². The van der Waals surface area contributed by atoms with E-state index in [1.54, 1.807) is 0 Å². The van der Waals surface area contributed by atoms with Crippen molar-refractivity contribution >= 4 is 5.91 Å². The van der Waals surface area contributed by atoms with Crippen LogP contribution in [0.1, 0.15) is 51.3 Å². The van der Waals surface area contributed by atoms with Crippen LogP contribution in [0.4, 0.5) is 0 Å². The van der Waals surface area contributed by atoms with Crippen molar-refractivity contribution in [3.8, 4) is 0 Å². The number of aliphatic hydroxyl groups excluding tert-OH is 1. The first kappa shape index (κ1) is 15.0. The van der Waals surface area contributed by atoms with E-state index in [-0.39, 0.29) is 17.4 Å². The van der Waals surface area contributed by atoms with Crippen molar-refractivity contribution < 1.29 is 9.90 Å². The molecule has 0 aromatic heterocycles. The quantitative estimate of drug-likeness (QED) is 0.891. The van der Waals surface area contributed by atoms with Crippen LogP contribution in [0.2, 0.25) is 0 Å². The summed E-state index contributed by atoms with van der Waals surface area (Å²) in [4.78, 5) is 12.2. The van der Waals surface area contributed by atoms with E-state index in [0.717, 1.165) is 11.1 Å². The Bertz CT molecular complexity index is 490. The lowest BCUT2D eigenvalue weighted by molar-refractivity contribution is -0.124. The molecule has 3 atom stereocenters. The predicted octanol–water partition coefficient (Wildman–Crippen LogP) is 2.83. The zero-order valence-electron chi connectivity index (χ0n) is 12.8. The molecule has 1 aliphatic rings. The van der Waals surface area contributed by atoms with E-state index < -0.39 is 6.10 Å². The summed E-state index contributed by atoms with van der Waals surface area (Å²) in [5.74, 6) is 0.324.